The molecule has 0 aliphatic heterocycles. The molecule has 0 aromatic heterocycles. The molecule has 82 valence electrons. The minimum Gasteiger partial charge on any atom is -0.450 e. The molecule has 2 N–H and O–H groups in total. The maximum absolute atomic E-state index is 12.3. The Labute approximate surface area is 88.0 Å². The fourth-order valence-electron chi connectivity index (χ4n) is 0.537. The van der Waals surface area contributed by atoms with Gasteiger partial charge in [-0.3, -0.25) is 0 Å². The van der Waals surface area contributed by atoms with E-state index in [-0.39, 0.29) is 0 Å². The number of allylic oxidation sites excluding steroid dienone is 1. The largest absolute Gasteiger partial charge is 0.450 e. The van der Waals surface area contributed by atoms with Gasteiger partial charge in [0.15, 0.2) is 5.83 Å². The molecule has 0 spiro atoms. The molecule has 5 heteroatoms. The van der Waals surface area contributed by atoms with Crippen LogP contribution < -0.4 is 5.32 Å². The number of halogens is 1. The summed E-state index contributed by atoms with van der Waals surface area (Å²) in [5, 5.41) is 8.70. The minimum absolute atomic E-state index is 0.516. The van der Waals surface area contributed by atoms with Crippen LogP contribution in [-0.2, 0) is 9.53 Å². The second-order valence-electron chi connectivity index (χ2n) is 3.57. The summed E-state index contributed by atoms with van der Waals surface area (Å²) in [7, 11) is 0. The zero-order valence-electron chi connectivity index (χ0n) is 8.85. The molecule has 0 aliphatic rings. The zero-order valence-corrected chi connectivity index (χ0v) is 8.85. The number of carbonyl (C=O) groups excluding carboxylic acids is 1. The van der Waals surface area contributed by atoms with Gasteiger partial charge < -0.3 is 15.5 Å². The molecule has 0 unspecified atom stereocenters. The zero-order chi connectivity index (χ0) is 11.9. The van der Waals surface area contributed by atoms with Gasteiger partial charge in [-0.1, -0.05) is 0 Å². The van der Waals surface area contributed by atoms with Gasteiger partial charge >= 0.3 is 5.97 Å². The van der Waals surface area contributed by atoms with E-state index in [1.165, 1.54) is 0 Å². The van der Waals surface area contributed by atoms with Crippen LogP contribution in [0.3, 0.4) is 0 Å². The highest BCUT2D eigenvalue weighted by atomic mass is 19.1. The summed E-state index contributed by atoms with van der Waals surface area (Å²) >= 11 is 0. The van der Waals surface area contributed by atoms with Gasteiger partial charge in [0.05, 0.1) is 6.21 Å². The normalized spacial score (nSPS) is 11.1. The highest BCUT2D eigenvalue weighted by Gasteiger charge is 2.13. The molecule has 0 aliphatic carbocycles. The molecule has 0 bridgehead atoms. The Kier molecular flexibility index (Phi) is 5.10. The number of ether oxygens (including phenoxy) is 1. The fourth-order valence-corrected chi connectivity index (χ4v) is 0.537. The van der Waals surface area contributed by atoms with Crippen molar-refractivity contribution in [3.05, 3.63) is 12.0 Å². The van der Waals surface area contributed by atoms with Gasteiger partial charge in [-0.15, -0.1) is 0 Å². The van der Waals surface area contributed by atoms with Crippen molar-refractivity contribution in [3.8, 4) is 12.0 Å². The van der Waals surface area contributed by atoms with E-state index in [0.717, 1.165) is 6.20 Å². The molecule has 0 heterocycles. The lowest BCUT2D eigenvalue weighted by Gasteiger charge is -2.16. The van der Waals surface area contributed by atoms with Gasteiger partial charge in [0, 0.05) is 18.2 Å². The van der Waals surface area contributed by atoms with Gasteiger partial charge in [-0.25, -0.2) is 9.18 Å². The van der Waals surface area contributed by atoms with Crippen LogP contribution >= 0.6 is 0 Å². The van der Waals surface area contributed by atoms with Crippen LogP contribution in [0.2, 0.25) is 0 Å². The van der Waals surface area contributed by atoms with E-state index in [2.05, 4.69) is 17.3 Å². The number of carbonyl (C=O) groups is 1. The summed E-state index contributed by atoms with van der Waals surface area (Å²) in [5.74, 6) is 0.631. The molecular weight excluding hydrogens is 199 g/mol. The number of nitrogens with one attached hydrogen (secondary N) is 2. The van der Waals surface area contributed by atoms with E-state index in [4.69, 9.17) is 10.1 Å². The second kappa shape index (κ2) is 5.81. The minimum atomic E-state index is -0.784. The van der Waals surface area contributed by atoms with Crippen LogP contribution in [0.25, 0.3) is 0 Å². The third-order valence-corrected chi connectivity index (χ3v) is 0.984. The Morgan fingerprint density at radius 3 is 2.60 bits per heavy atom. The average Bonchev–Trinajstić information content (AvgIpc) is 2.09. The molecule has 0 aromatic rings. The number of esters is 1. The maximum atomic E-state index is 12.3. The lowest BCUT2D eigenvalue weighted by Crippen LogP contribution is -2.23. The van der Waals surface area contributed by atoms with Crippen molar-refractivity contribution in [1.29, 1.82) is 5.41 Å². The monoisotopic (exact) mass is 212 g/mol. The predicted molar refractivity (Wildman–Crippen MR) is 54.7 cm³/mol. The fraction of sp³-hybridized carbons (Fsp3) is 0.400. The molecule has 0 saturated carbocycles. The first kappa shape index (κ1) is 13.2. The van der Waals surface area contributed by atoms with Crippen LogP contribution in [0.4, 0.5) is 4.39 Å². The molecule has 0 amide bonds. The maximum Gasteiger partial charge on any atom is 0.386 e. The SMILES string of the molecule is CC(C)(C)OC(=O)C#CN/C=C(/F)C=N. The second-order valence-corrected chi connectivity index (χ2v) is 3.57. The predicted octanol–water partition coefficient (Wildman–Crippen LogP) is 1.34. The Morgan fingerprint density at radius 1 is 1.53 bits per heavy atom. The summed E-state index contributed by atoms with van der Waals surface area (Å²) in [6.07, 6.45) is 1.38. The van der Waals surface area contributed by atoms with Gasteiger partial charge in [-0.05, 0) is 20.8 Å². The van der Waals surface area contributed by atoms with Crippen molar-refractivity contribution < 1.29 is 13.9 Å². The van der Waals surface area contributed by atoms with E-state index in [0.29, 0.717) is 6.21 Å². The number of rotatable bonds is 2. The van der Waals surface area contributed by atoms with Crippen molar-refractivity contribution in [3.63, 3.8) is 0 Å². The molecule has 0 rings (SSSR count). The van der Waals surface area contributed by atoms with Gasteiger partial charge in [0.25, 0.3) is 0 Å². The molecule has 4 nitrogen and oxygen atoms in total. The van der Waals surface area contributed by atoms with E-state index < -0.39 is 17.4 Å². The molecule has 15 heavy (non-hydrogen) atoms. The van der Waals surface area contributed by atoms with Crippen LogP contribution in [0.15, 0.2) is 12.0 Å². The highest BCUT2D eigenvalue weighted by Crippen LogP contribution is 2.05. The Morgan fingerprint density at radius 2 is 2.13 bits per heavy atom. The van der Waals surface area contributed by atoms with Gasteiger partial charge in [-0.2, -0.15) is 0 Å². The van der Waals surface area contributed by atoms with Crippen LogP contribution in [0, 0.1) is 17.4 Å². The Hall–Kier alpha value is -1.83. The first-order valence-corrected chi connectivity index (χ1v) is 4.21. The van der Waals surface area contributed by atoms with Crippen molar-refractivity contribution in [2.24, 2.45) is 0 Å². The standard InChI is InChI=1S/C10H13FN2O2/c1-10(2,3)15-9(14)4-5-13-7-8(11)6-12/h6-7,12-13H,1-3H3/b8-7+,12-6?. The highest BCUT2D eigenvalue weighted by molar-refractivity contribution is 5.88. The summed E-state index contributed by atoms with van der Waals surface area (Å²) < 4.78 is 17.2. The molecular formula is C10H13FN2O2. The third kappa shape index (κ3) is 8.50. The first-order chi connectivity index (χ1) is 6.85. The van der Waals surface area contributed by atoms with E-state index in [1.54, 1.807) is 20.8 Å². The van der Waals surface area contributed by atoms with Crippen molar-refractivity contribution in [1.82, 2.24) is 5.32 Å². The first-order valence-electron chi connectivity index (χ1n) is 4.21. The van der Waals surface area contributed by atoms with Crippen molar-refractivity contribution in [2.75, 3.05) is 0 Å². The van der Waals surface area contributed by atoms with Crippen LogP contribution in [-0.4, -0.2) is 17.8 Å². The molecule has 0 atom stereocenters. The molecule has 0 saturated heterocycles. The summed E-state index contributed by atoms with van der Waals surface area (Å²) in [4.78, 5) is 11.0. The Balaban J connectivity index is 4.09. The van der Waals surface area contributed by atoms with Crippen LogP contribution in [0.5, 0.6) is 0 Å². The van der Waals surface area contributed by atoms with Gasteiger partial charge in [0.1, 0.15) is 5.60 Å². The number of hydrogen-bond donors (Lipinski definition) is 2. The Bertz CT molecular complexity index is 332. The quantitative estimate of drug-likeness (QED) is 0.314. The van der Waals surface area contributed by atoms with Crippen molar-refractivity contribution >= 4 is 12.2 Å². The lowest BCUT2D eigenvalue weighted by molar-refractivity contribution is -0.147. The molecule has 0 aromatic carbocycles. The lowest BCUT2D eigenvalue weighted by atomic mass is 10.2. The molecule has 0 fully saturated rings. The summed E-state index contributed by atoms with van der Waals surface area (Å²) in [6, 6.07) is 2.18. The smallest absolute Gasteiger partial charge is 0.386 e. The van der Waals surface area contributed by atoms with Gasteiger partial charge in [0.2, 0.25) is 0 Å². The van der Waals surface area contributed by atoms with E-state index in [1.807, 2.05) is 0 Å². The number of hydrogen-bond acceptors (Lipinski definition) is 4. The van der Waals surface area contributed by atoms with Crippen molar-refractivity contribution in [2.45, 2.75) is 26.4 Å². The summed E-state index contributed by atoms with van der Waals surface area (Å²) in [6.45, 7) is 5.15. The summed E-state index contributed by atoms with van der Waals surface area (Å²) in [5.41, 5.74) is -0.595. The third-order valence-electron chi connectivity index (χ3n) is 0.984. The van der Waals surface area contributed by atoms with E-state index >= 15 is 0 Å². The van der Waals surface area contributed by atoms with Crippen LogP contribution in [0.1, 0.15) is 20.8 Å². The average molecular weight is 212 g/mol. The molecule has 0 radical (unpaired) electrons. The van der Waals surface area contributed by atoms with E-state index in [9.17, 15) is 9.18 Å². The topological polar surface area (TPSA) is 62.2 Å².